The molecule has 1 aromatic rings. The van der Waals surface area contributed by atoms with Crippen molar-refractivity contribution in [3.8, 4) is 0 Å². The summed E-state index contributed by atoms with van der Waals surface area (Å²) in [6.07, 6.45) is 29.2. The van der Waals surface area contributed by atoms with Crippen LogP contribution in [0.25, 0.3) is 0 Å². The second-order valence-electron chi connectivity index (χ2n) is 16.9. The number of aromatic nitrogens is 2. The molecule has 7 N–H and O–H groups in total. The lowest BCUT2D eigenvalue weighted by Crippen LogP contribution is -2.36. The third kappa shape index (κ3) is 29.2. The highest BCUT2D eigenvalue weighted by atomic mass is 31.3. The van der Waals surface area contributed by atoms with E-state index in [0.717, 1.165) is 62.1 Å². The molecule has 1 fully saturated rings. The summed E-state index contributed by atoms with van der Waals surface area (Å²) < 4.78 is 56.4. The van der Waals surface area contributed by atoms with Gasteiger partial charge in [-0.3, -0.25) is 23.2 Å². The van der Waals surface area contributed by atoms with Crippen molar-refractivity contribution < 1.29 is 71.4 Å². The largest absolute Gasteiger partial charge is 0.481 e. The van der Waals surface area contributed by atoms with Gasteiger partial charge in [0.2, 0.25) is 0 Å². The van der Waals surface area contributed by atoms with E-state index in [1.165, 1.54) is 37.8 Å². The number of ether oxygens (including phenoxy) is 3. The molecule has 2 heterocycles. The minimum atomic E-state index is -5.48. The van der Waals surface area contributed by atoms with Crippen LogP contribution < -0.4 is 11.4 Å². The minimum Gasteiger partial charge on any atom is -0.462 e. The number of allylic oxidation sites excluding steroid dienone is 11. The Kier molecular flexibility index (Phi) is 31.3. The van der Waals surface area contributed by atoms with Crippen LogP contribution in [0.15, 0.2) is 90.0 Å². The van der Waals surface area contributed by atoms with E-state index >= 15 is 0 Å². The number of phosphoric ester groups is 2. The Balaban J connectivity index is 1.89. The number of anilines is 1. The van der Waals surface area contributed by atoms with E-state index in [4.69, 9.17) is 29.0 Å². The lowest BCUT2D eigenvalue weighted by atomic mass is 10.0. The Hall–Kier alpha value is -3.84. The zero-order valence-electron chi connectivity index (χ0n) is 40.4. The van der Waals surface area contributed by atoms with Crippen LogP contribution in [0.4, 0.5) is 5.82 Å². The predicted octanol–water partition coefficient (Wildman–Crippen LogP) is 8.16. The summed E-state index contributed by atoms with van der Waals surface area (Å²) >= 11 is 0. The first-order valence-electron chi connectivity index (χ1n) is 23.9. The molecule has 0 aliphatic carbocycles. The van der Waals surface area contributed by atoms with Crippen LogP contribution in [0.3, 0.4) is 0 Å². The summed E-state index contributed by atoms with van der Waals surface area (Å²) in [5, 5.41) is 31.3. The fourth-order valence-electron chi connectivity index (χ4n) is 6.61. The number of unbranched alkanes of at least 4 members (excludes halogenated alkanes) is 7. The Labute approximate surface area is 407 Å². The molecule has 3 unspecified atom stereocenters. The van der Waals surface area contributed by atoms with Crippen LogP contribution >= 0.6 is 15.6 Å². The van der Waals surface area contributed by atoms with E-state index in [9.17, 15) is 48.6 Å². The molecule has 390 valence electrons. The van der Waals surface area contributed by atoms with Crippen LogP contribution in [0.5, 0.6) is 0 Å². The number of nitrogen functional groups attached to an aromatic ring is 1. The number of hydrogen-bond acceptors (Lipinski definition) is 16. The zero-order valence-corrected chi connectivity index (χ0v) is 42.1. The fourth-order valence-corrected chi connectivity index (χ4v) is 8.72. The molecule has 1 saturated heterocycles. The summed E-state index contributed by atoms with van der Waals surface area (Å²) in [5.74, 6) is -0.896. The van der Waals surface area contributed by atoms with Gasteiger partial charge in [0, 0.05) is 19.0 Å². The number of carbonyl (C=O) groups excluding carboxylic acids is 2. The number of carbonyl (C=O) groups is 2. The summed E-state index contributed by atoms with van der Waals surface area (Å²) in [6, 6.07) is 1.23. The minimum absolute atomic E-state index is 0.0528. The van der Waals surface area contributed by atoms with Crippen molar-refractivity contribution in [3.63, 3.8) is 0 Å². The highest BCUT2D eigenvalue weighted by Crippen LogP contribution is 2.60. The molecule has 0 spiro atoms. The average molecular weight is 1010 g/mol. The molecule has 0 radical (unpaired) electrons. The highest BCUT2D eigenvalue weighted by Gasteiger charge is 2.46. The quantitative estimate of drug-likeness (QED) is 0.0120. The number of phosphoric acid groups is 2. The van der Waals surface area contributed by atoms with Crippen molar-refractivity contribution in [3.05, 3.63) is 95.7 Å². The number of aliphatic hydroxyl groups excluding tert-OH is 3. The van der Waals surface area contributed by atoms with E-state index in [1.54, 1.807) is 12.2 Å². The predicted molar refractivity (Wildman–Crippen MR) is 262 cm³/mol. The van der Waals surface area contributed by atoms with E-state index < -0.39 is 89.8 Å². The number of nitrogens with zero attached hydrogens (tertiary/aromatic N) is 2. The van der Waals surface area contributed by atoms with Crippen molar-refractivity contribution in [2.24, 2.45) is 5.92 Å². The van der Waals surface area contributed by atoms with Gasteiger partial charge in [0.25, 0.3) is 0 Å². The van der Waals surface area contributed by atoms with Crippen molar-refractivity contribution >= 4 is 33.4 Å². The molecule has 1 aliphatic heterocycles. The smallest absolute Gasteiger partial charge is 0.462 e. The van der Waals surface area contributed by atoms with Gasteiger partial charge in [-0.2, -0.15) is 9.29 Å². The van der Waals surface area contributed by atoms with Crippen LogP contribution in [-0.4, -0.2) is 96.9 Å². The second kappa shape index (κ2) is 35.3. The van der Waals surface area contributed by atoms with Gasteiger partial charge >= 0.3 is 33.3 Å². The summed E-state index contributed by atoms with van der Waals surface area (Å²) in [4.78, 5) is 61.8. The molecule has 0 saturated carbocycles. The Bertz CT molecular complexity index is 1970. The van der Waals surface area contributed by atoms with E-state index in [-0.39, 0.29) is 25.1 Å². The van der Waals surface area contributed by atoms with E-state index in [1.807, 2.05) is 12.2 Å². The molecular formula is C48H77N3O16P2. The topological polar surface area (TPSA) is 286 Å². The van der Waals surface area contributed by atoms with Gasteiger partial charge in [-0.05, 0) is 56.9 Å². The number of hydrogen-bond donors (Lipinski definition) is 6. The number of aliphatic hydroxyl groups is 3. The lowest BCUT2D eigenvalue weighted by Gasteiger charge is -2.21. The van der Waals surface area contributed by atoms with Gasteiger partial charge in [-0.15, -0.1) is 0 Å². The van der Waals surface area contributed by atoms with Crippen LogP contribution in [0.1, 0.15) is 136 Å². The Morgan fingerprint density at radius 1 is 0.783 bits per heavy atom. The Morgan fingerprint density at radius 3 is 1.97 bits per heavy atom. The van der Waals surface area contributed by atoms with Gasteiger partial charge in [-0.1, -0.05) is 145 Å². The number of nitrogens with two attached hydrogens (primary N) is 1. The summed E-state index contributed by atoms with van der Waals surface area (Å²) in [6.45, 7) is 4.02. The first-order valence-corrected chi connectivity index (χ1v) is 26.9. The Morgan fingerprint density at radius 2 is 1.36 bits per heavy atom. The van der Waals surface area contributed by atoms with Crippen LogP contribution in [0.2, 0.25) is 0 Å². The molecule has 1 aliphatic rings. The summed E-state index contributed by atoms with van der Waals surface area (Å²) in [7, 11) is -11.0. The molecule has 0 bridgehead atoms. The second-order valence-corrected chi connectivity index (χ2v) is 20.0. The zero-order chi connectivity index (χ0) is 50.9. The van der Waals surface area contributed by atoms with Gasteiger partial charge in [0.1, 0.15) is 30.7 Å². The first kappa shape index (κ1) is 61.3. The van der Waals surface area contributed by atoms with E-state index in [2.05, 4.69) is 72.6 Å². The van der Waals surface area contributed by atoms with Gasteiger partial charge in [-0.25, -0.2) is 13.9 Å². The average Bonchev–Trinajstić information content (AvgIpc) is 3.57. The number of rotatable bonds is 37. The number of esters is 2. The highest BCUT2D eigenvalue weighted by molar-refractivity contribution is 7.61. The molecule has 19 nitrogen and oxygen atoms in total. The maximum absolute atomic E-state index is 12.8. The third-order valence-electron chi connectivity index (χ3n) is 10.4. The van der Waals surface area contributed by atoms with Crippen LogP contribution in [0, 0.1) is 5.92 Å². The van der Waals surface area contributed by atoms with Gasteiger partial charge in [0.05, 0.1) is 19.3 Å². The molecule has 21 heteroatoms. The fraction of sp³-hybridized carbons (Fsp3) is 0.625. The standard InChI is InChI=1S/C48H77N3O16P2/c1-4-5-6-7-8-9-10-11-12-13-14-15-16-20-23-26-29-39(52)31-32-44(54)65-40(35-62-43(53)30-27-24-21-18-17-19-22-25-28-38(2)3)36-63-68(58,59)67-69(60,61)64-37-41-45(55)46(56)47(66-41)51-34-33-42(49)50-48(51)57/h5-6,8-9,11-12,14-15,20,23,26,29,33-34,38-41,45-47,52,55-56H,4,7,10,13,16-19,21-22,24-25,27-28,30-32,35-37H2,1-3H3,(H,58,59)(H,60,61)(H2,49,50,57)/b6-5-,9-8-,12-11-,15-14-,23-20-,29-26-/t39?,40-,41-,45-,46-,47-/m1/s1. The molecule has 8 atom stereocenters. The summed E-state index contributed by atoms with van der Waals surface area (Å²) in [5.41, 5.74) is 4.56. The normalized spacial score (nSPS) is 20.5. The van der Waals surface area contributed by atoms with E-state index in [0.29, 0.717) is 18.8 Å². The molecule has 0 amide bonds. The van der Waals surface area contributed by atoms with Crippen LogP contribution in [-0.2, 0) is 46.3 Å². The first-order chi connectivity index (χ1) is 32.9. The molecular weight excluding hydrogens is 936 g/mol. The lowest BCUT2D eigenvalue weighted by molar-refractivity contribution is -0.161. The van der Waals surface area contributed by atoms with Gasteiger partial charge < -0.3 is 45.1 Å². The van der Waals surface area contributed by atoms with Crippen molar-refractivity contribution in [1.82, 2.24) is 9.55 Å². The van der Waals surface area contributed by atoms with Crippen molar-refractivity contribution in [2.75, 3.05) is 25.6 Å². The maximum Gasteiger partial charge on any atom is 0.481 e. The third-order valence-corrected chi connectivity index (χ3v) is 13.0. The van der Waals surface area contributed by atoms with Gasteiger partial charge in [0.15, 0.2) is 12.3 Å². The molecule has 1 aromatic heterocycles. The van der Waals surface area contributed by atoms with Crippen molar-refractivity contribution in [1.29, 1.82) is 0 Å². The molecule has 2 rings (SSSR count). The molecule has 0 aromatic carbocycles. The monoisotopic (exact) mass is 1010 g/mol. The molecule has 69 heavy (non-hydrogen) atoms. The maximum atomic E-state index is 12.8. The SMILES string of the molecule is CC/C=C\C/C=C\C/C=C\C/C=C\C/C=C\C=C/C(O)CCC(=O)O[C@H](COC(=O)CCCCCCCCCCC(C)C)COP(=O)(O)OP(=O)(O)OC[C@H]1O[C@@H](n2ccc(N)nc2=O)[C@H](O)[C@@H]1O. The van der Waals surface area contributed by atoms with Crippen molar-refractivity contribution in [2.45, 2.75) is 167 Å².